The fourth-order valence-corrected chi connectivity index (χ4v) is 2.95. The summed E-state index contributed by atoms with van der Waals surface area (Å²) < 4.78 is 26.4. The molecule has 1 aromatic heterocycles. The molecule has 1 heterocycles. The van der Waals surface area contributed by atoms with E-state index in [4.69, 9.17) is 5.11 Å². The van der Waals surface area contributed by atoms with Gasteiger partial charge in [0.15, 0.2) is 4.90 Å². The molecule has 0 aromatic carbocycles. The number of aliphatic hydroxyl groups is 1. The third-order valence-corrected chi connectivity index (χ3v) is 4.12. The van der Waals surface area contributed by atoms with Gasteiger partial charge in [0.1, 0.15) is 0 Å². The van der Waals surface area contributed by atoms with Crippen LogP contribution < -0.4 is 16.0 Å². The Labute approximate surface area is 109 Å². The highest BCUT2D eigenvalue weighted by Gasteiger charge is 2.24. The van der Waals surface area contributed by atoms with Gasteiger partial charge in [0.25, 0.3) is 5.56 Å². The molecule has 0 aliphatic heterocycles. The van der Waals surface area contributed by atoms with Crippen LogP contribution in [-0.4, -0.2) is 36.1 Å². The maximum Gasteiger partial charge on any atom is 0.325 e. The average molecular weight is 291 g/mol. The molecule has 0 bridgehead atoms. The number of sulfonamides is 1. The first-order chi connectivity index (χ1) is 8.77. The largest absolute Gasteiger partial charge is 0.396 e. The summed E-state index contributed by atoms with van der Waals surface area (Å²) >= 11 is 0. The Bertz CT molecular complexity index is 631. The summed E-state index contributed by atoms with van der Waals surface area (Å²) in [6, 6.07) is -0.499. The van der Waals surface area contributed by atoms with Crippen LogP contribution in [0.1, 0.15) is 20.3 Å². The van der Waals surface area contributed by atoms with Crippen LogP contribution >= 0.6 is 0 Å². The first kappa shape index (κ1) is 15.6. The summed E-state index contributed by atoms with van der Waals surface area (Å²) in [4.78, 5) is 25.7. The minimum atomic E-state index is -4.05. The van der Waals surface area contributed by atoms with Gasteiger partial charge in [0.2, 0.25) is 10.0 Å². The molecule has 9 heteroatoms. The normalized spacial score (nSPS) is 13.7. The SMILES string of the molecule is CC(C)C(CCO)NS(=O)(=O)c1c[nH]c(=O)[nH]c1=O. The minimum Gasteiger partial charge on any atom is -0.396 e. The second kappa shape index (κ2) is 6.13. The summed E-state index contributed by atoms with van der Waals surface area (Å²) in [7, 11) is -4.05. The molecular formula is C10H17N3O5S. The van der Waals surface area contributed by atoms with Crippen molar-refractivity contribution in [2.24, 2.45) is 5.92 Å². The van der Waals surface area contributed by atoms with E-state index in [0.29, 0.717) is 0 Å². The summed E-state index contributed by atoms with van der Waals surface area (Å²) in [5, 5.41) is 8.89. The van der Waals surface area contributed by atoms with Crippen LogP contribution in [0.25, 0.3) is 0 Å². The molecular weight excluding hydrogens is 274 g/mol. The number of rotatable bonds is 6. The predicted octanol–water partition coefficient (Wildman–Crippen LogP) is -1.25. The second-order valence-electron chi connectivity index (χ2n) is 4.42. The van der Waals surface area contributed by atoms with Gasteiger partial charge in [-0.25, -0.2) is 17.9 Å². The number of aromatic amines is 2. The summed E-state index contributed by atoms with van der Waals surface area (Å²) in [5.41, 5.74) is -1.76. The molecule has 0 spiro atoms. The molecule has 1 atom stereocenters. The minimum absolute atomic E-state index is 0.0521. The average Bonchev–Trinajstić information content (AvgIpc) is 2.27. The second-order valence-corrected chi connectivity index (χ2v) is 6.10. The number of hydrogen-bond acceptors (Lipinski definition) is 5. The Hall–Kier alpha value is -1.45. The van der Waals surface area contributed by atoms with Gasteiger partial charge in [-0.3, -0.25) is 9.78 Å². The fraction of sp³-hybridized carbons (Fsp3) is 0.600. The van der Waals surface area contributed by atoms with Crippen LogP contribution in [0.3, 0.4) is 0 Å². The van der Waals surface area contributed by atoms with E-state index >= 15 is 0 Å². The van der Waals surface area contributed by atoms with Crippen molar-refractivity contribution < 1.29 is 13.5 Å². The molecule has 0 aliphatic carbocycles. The van der Waals surface area contributed by atoms with Gasteiger partial charge in [-0.1, -0.05) is 13.8 Å². The molecule has 19 heavy (non-hydrogen) atoms. The first-order valence-electron chi connectivity index (χ1n) is 5.73. The van der Waals surface area contributed by atoms with Gasteiger partial charge in [-0.15, -0.1) is 0 Å². The van der Waals surface area contributed by atoms with Crippen molar-refractivity contribution >= 4 is 10.0 Å². The van der Waals surface area contributed by atoms with Crippen molar-refractivity contribution in [1.29, 1.82) is 0 Å². The number of H-pyrrole nitrogens is 2. The highest BCUT2D eigenvalue weighted by molar-refractivity contribution is 7.89. The Morgan fingerprint density at radius 3 is 2.47 bits per heavy atom. The van der Waals surface area contributed by atoms with E-state index in [0.717, 1.165) is 6.20 Å². The third-order valence-electron chi connectivity index (χ3n) is 2.63. The van der Waals surface area contributed by atoms with Gasteiger partial charge in [-0.05, 0) is 12.3 Å². The van der Waals surface area contributed by atoms with E-state index < -0.39 is 32.2 Å². The van der Waals surface area contributed by atoms with Crippen LogP contribution in [0, 0.1) is 5.92 Å². The fourth-order valence-electron chi connectivity index (χ4n) is 1.53. The molecule has 1 aromatic rings. The number of nitrogens with one attached hydrogen (secondary N) is 3. The lowest BCUT2D eigenvalue weighted by atomic mass is 10.0. The lowest BCUT2D eigenvalue weighted by molar-refractivity contribution is 0.256. The summed E-state index contributed by atoms with van der Waals surface area (Å²) in [6.45, 7) is 3.41. The Balaban J connectivity index is 3.10. The van der Waals surface area contributed by atoms with E-state index in [1.807, 2.05) is 4.98 Å². The first-order valence-corrected chi connectivity index (χ1v) is 7.21. The quantitative estimate of drug-likeness (QED) is 0.520. The molecule has 0 saturated heterocycles. The Morgan fingerprint density at radius 1 is 1.37 bits per heavy atom. The van der Waals surface area contributed by atoms with Gasteiger partial charge in [0.05, 0.1) is 0 Å². The zero-order chi connectivity index (χ0) is 14.6. The molecule has 1 unspecified atom stereocenters. The summed E-state index contributed by atoms with van der Waals surface area (Å²) in [5.74, 6) is -0.0521. The molecule has 0 saturated carbocycles. The number of hydrogen-bond donors (Lipinski definition) is 4. The van der Waals surface area contributed by atoms with Crippen molar-refractivity contribution in [1.82, 2.24) is 14.7 Å². The number of aliphatic hydroxyl groups excluding tert-OH is 1. The van der Waals surface area contributed by atoms with Gasteiger partial charge in [-0.2, -0.15) is 0 Å². The van der Waals surface area contributed by atoms with Crippen LogP contribution in [0.2, 0.25) is 0 Å². The van der Waals surface area contributed by atoms with Gasteiger partial charge >= 0.3 is 5.69 Å². The van der Waals surface area contributed by atoms with Crippen molar-refractivity contribution in [2.75, 3.05) is 6.61 Å². The zero-order valence-electron chi connectivity index (χ0n) is 10.6. The smallest absolute Gasteiger partial charge is 0.325 e. The van der Waals surface area contributed by atoms with Crippen LogP contribution in [-0.2, 0) is 10.0 Å². The molecule has 0 amide bonds. The zero-order valence-corrected chi connectivity index (χ0v) is 11.5. The lowest BCUT2D eigenvalue weighted by Gasteiger charge is -2.20. The lowest BCUT2D eigenvalue weighted by Crippen LogP contribution is -2.41. The van der Waals surface area contributed by atoms with Gasteiger partial charge in [0, 0.05) is 18.8 Å². The highest BCUT2D eigenvalue weighted by atomic mass is 32.2. The third kappa shape index (κ3) is 4.01. The highest BCUT2D eigenvalue weighted by Crippen LogP contribution is 2.09. The van der Waals surface area contributed by atoms with E-state index in [1.54, 1.807) is 13.8 Å². The van der Waals surface area contributed by atoms with E-state index in [1.165, 1.54) is 0 Å². The molecule has 108 valence electrons. The maximum atomic E-state index is 12.0. The van der Waals surface area contributed by atoms with E-state index in [2.05, 4.69) is 9.71 Å². The van der Waals surface area contributed by atoms with Crippen LogP contribution in [0.15, 0.2) is 20.7 Å². The Kier molecular flexibility index (Phi) is 5.04. The standard InChI is InChI=1S/C10H17N3O5S/c1-6(2)7(3-4-14)13-19(17,18)8-5-11-10(16)12-9(8)15/h5-7,13-14H,3-4H2,1-2H3,(H2,11,12,15,16). The van der Waals surface area contributed by atoms with E-state index in [-0.39, 0.29) is 18.9 Å². The molecule has 1 rings (SSSR count). The van der Waals surface area contributed by atoms with Crippen molar-refractivity contribution in [3.05, 3.63) is 27.0 Å². The molecule has 0 radical (unpaired) electrons. The molecule has 8 nitrogen and oxygen atoms in total. The monoisotopic (exact) mass is 291 g/mol. The maximum absolute atomic E-state index is 12.0. The summed E-state index contributed by atoms with van der Waals surface area (Å²) in [6.07, 6.45) is 1.08. The molecule has 0 fully saturated rings. The topological polar surface area (TPSA) is 132 Å². The van der Waals surface area contributed by atoms with Crippen LogP contribution in [0.5, 0.6) is 0 Å². The van der Waals surface area contributed by atoms with Crippen molar-refractivity contribution in [3.8, 4) is 0 Å². The van der Waals surface area contributed by atoms with Crippen molar-refractivity contribution in [3.63, 3.8) is 0 Å². The predicted molar refractivity (Wildman–Crippen MR) is 68.3 cm³/mol. The van der Waals surface area contributed by atoms with Gasteiger partial charge < -0.3 is 10.1 Å². The Morgan fingerprint density at radius 2 is 2.00 bits per heavy atom. The molecule has 0 aliphatic rings. The number of aromatic nitrogens is 2. The molecule has 4 N–H and O–H groups in total. The van der Waals surface area contributed by atoms with Crippen LogP contribution in [0.4, 0.5) is 0 Å². The van der Waals surface area contributed by atoms with E-state index in [9.17, 15) is 18.0 Å². The van der Waals surface area contributed by atoms with Crippen molar-refractivity contribution in [2.45, 2.75) is 31.2 Å².